The zero-order valence-corrected chi connectivity index (χ0v) is 15.0. The van der Waals surface area contributed by atoms with Crippen LogP contribution in [0.15, 0.2) is 51.9 Å². The van der Waals surface area contributed by atoms with Crippen LogP contribution in [0.4, 0.5) is 4.39 Å². The van der Waals surface area contributed by atoms with E-state index >= 15 is 0 Å². The van der Waals surface area contributed by atoms with Crippen LogP contribution in [0.5, 0.6) is 5.75 Å². The molecule has 2 aliphatic rings. The first-order chi connectivity index (χ1) is 11.9. The van der Waals surface area contributed by atoms with E-state index in [1.54, 1.807) is 25.2 Å². The van der Waals surface area contributed by atoms with Crippen molar-refractivity contribution in [3.8, 4) is 5.75 Å². The van der Waals surface area contributed by atoms with E-state index in [4.69, 9.17) is 10.5 Å². The van der Waals surface area contributed by atoms with Crippen molar-refractivity contribution >= 4 is 27.8 Å². The summed E-state index contributed by atoms with van der Waals surface area (Å²) in [5, 5.41) is 0. The molecule has 25 heavy (non-hydrogen) atoms. The predicted octanol–water partition coefficient (Wildman–Crippen LogP) is 3.09. The van der Waals surface area contributed by atoms with Crippen molar-refractivity contribution in [2.24, 2.45) is 10.7 Å². The summed E-state index contributed by atoms with van der Waals surface area (Å²) in [6.45, 7) is 0. The van der Waals surface area contributed by atoms with Crippen LogP contribution in [0.2, 0.25) is 0 Å². The maximum Gasteiger partial charge on any atom is 0.261 e. The Hall–Kier alpha value is -2.41. The van der Waals surface area contributed by atoms with Crippen LogP contribution < -0.4 is 10.5 Å². The lowest BCUT2D eigenvalue weighted by Crippen LogP contribution is -2.43. The Morgan fingerprint density at radius 3 is 2.68 bits per heavy atom. The number of hydrogen-bond acceptors (Lipinski definition) is 4. The quantitative estimate of drug-likeness (QED) is 0.795. The number of carbonyl (C=O) groups excluding carboxylic acids is 1. The van der Waals surface area contributed by atoms with Gasteiger partial charge in [0, 0.05) is 23.5 Å². The smallest absolute Gasteiger partial charge is 0.261 e. The van der Waals surface area contributed by atoms with Crippen molar-refractivity contribution in [2.45, 2.75) is 18.1 Å². The number of benzene rings is 2. The molecular formula is C18H15BrFN3O2. The highest BCUT2D eigenvalue weighted by atomic mass is 79.9. The predicted molar refractivity (Wildman–Crippen MR) is 94.6 cm³/mol. The molecule has 2 aliphatic heterocycles. The van der Waals surface area contributed by atoms with Crippen LogP contribution in [-0.4, -0.2) is 23.8 Å². The molecule has 0 saturated heterocycles. The number of ether oxygens (including phenoxy) is 1. The average Bonchev–Trinajstić information content (AvgIpc) is 2.81. The van der Waals surface area contributed by atoms with Crippen molar-refractivity contribution in [2.75, 3.05) is 7.05 Å². The minimum atomic E-state index is -1.13. The van der Waals surface area contributed by atoms with Crippen LogP contribution in [-0.2, 0) is 10.3 Å². The number of halogens is 2. The summed E-state index contributed by atoms with van der Waals surface area (Å²) in [4.78, 5) is 18.9. The minimum Gasteiger partial charge on any atom is -0.485 e. The number of amides is 1. The molecule has 2 heterocycles. The van der Waals surface area contributed by atoms with E-state index in [9.17, 15) is 9.18 Å². The lowest BCUT2D eigenvalue weighted by Gasteiger charge is -2.36. The molecule has 0 aromatic heterocycles. The van der Waals surface area contributed by atoms with Crippen LogP contribution >= 0.6 is 15.9 Å². The van der Waals surface area contributed by atoms with Crippen molar-refractivity contribution in [1.82, 2.24) is 4.90 Å². The Kier molecular flexibility index (Phi) is 3.57. The van der Waals surface area contributed by atoms with Gasteiger partial charge in [0.05, 0.1) is 0 Å². The number of likely N-dealkylation sites (N-methyl/N-ethyl adjacent to an activating group) is 1. The third-order valence-electron chi connectivity index (χ3n) is 4.69. The van der Waals surface area contributed by atoms with E-state index in [0.717, 1.165) is 10.0 Å². The molecule has 0 saturated carbocycles. The first-order valence-electron chi connectivity index (χ1n) is 7.76. The molecule has 1 amide bonds. The molecule has 0 fully saturated rings. The second-order valence-electron chi connectivity index (χ2n) is 6.20. The Morgan fingerprint density at radius 1 is 1.32 bits per heavy atom. The number of carbonyl (C=O) groups is 1. The van der Waals surface area contributed by atoms with Gasteiger partial charge in [-0.2, -0.15) is 0 Å². The fourth-order valence-corrected chi connectivity index (χ4v) is 3.73. The summed E-state index contributed by atoms with van der Waals surface area (Å²) < 4.78 is 20.2. The lowest BCUT2D eigenvalue weighted by atomic mass is 9.80. The second-order valence-corrected chi connectivity index (χ2v) is 7.11. The standard InChI is InChI=1S/C18H15BrFN3O2/c1-23-16(24)18(22-17(23)21)9-15(10-2-5-12(20)6-3-10)25-14-7-4-11(19)8-13(14)18/h2-8,15H,9H2,1H3,(H2,21,22). The summed E-state index contributed by atoms with van der Waals surface area (Å²) in [7, 11) is 1.61. The number of nitrogens with two attached hydrogens (primary N) is 1. The summed E-state index contributed by atoms with van der Waals surface area (Å²) >= 11 is 3.44. The fourth-order valence-electron chi connectivity index (χ4n) is 3.37. The zero-order valence-electron chi connectivity index (χ0n) is 13.4. The largest absolute Gasteiger partial charge is 0.485 e. The van der Waals surface area contributed by atoms with Crippen LogP contribution in [0.1, 0.15) is 23.7 Å². The molecule has 0 radical (unpaired) electrons. The van der Waals surface area contributed by atoms with Gasteiger partial charge >= 0.3 is 0 Å². The van der Waals surface area contributed by atoms with E-state index < -0.39 is 11.6 Å². The highest BCUT2D eigenvalue weighted by Gasteiger charge is 2.53. The van der Waals surface area contributed by atoms with E-state index in [-0.39, 0.29) is 17.7 Å². The van der Waals surface area contributed by atoms with Crippen molar-refractivity contribution in [1.29, 1.82) is 0 Å². The minimum absolute atomic E-state index is 0.177. The number of guanidine groups is 1. The van der Waals surface area contributed by atoms with Gasteiger partial charge in [-0.1, -0.05) is 28.1 Å². The topological polar surface area (TPSA) is 67.9 Å². The van der Waals surface area contributed by atoms with Gasteiger partial charge in [-0.15, -0.1) is 0 Å². The van der Waals surface area contributed by atoms with E-state index in [1.165, 1.54) is 17.0 Å². The molecule has 2 atom stereocenters. The zero-order chi connectivity index (χ0) is 17.8. The summed E-state index contributed by atoms with van der Waals surface area (Å²) in [5.74, 6) is 0.233. The summed E-state index contributed by atoms with van der Waals surface area (Å²) in [6, 6.07) is 11.6. The van der Waals surface area contributed by atoms with Crippen molar-refractivity contribution in [3.63, 3.8) is 0 Å². The Labute approximate surface area is 152 Å². The summed E-state index contributed by atoms with van der Waals surface area (Å²) in [6.07, 6.45) is -0.132. The van der Waals surface area contributed by atoms with Gasteiger partial charge in [-0.25, -0.2) is 9.38 Å². The normalized spacial score (nSPS) is 24.9. The van der Waals surface area contributed by atoms with E-state index in [0.29, 0.717) is 17.7 Å². The highest BCUT2D eigenvalue weighted by Crippen LogP contribution is 2.50. The van der Waals surface area contributed by atoms with E-state index in [1.807, 2.05) is 12.1 Å². The first-order valence-corrected chi connectivity index (χ1v) is 8.56. The summed E-state index contributed by atoms with van der Waals surface area (Å²) in [5.41, 5.74) is 6.26. The second kappa shape index (κ2) is 5.56. The van der Waals surface area contributed by atoms with Gasteiger partial charge in [-0.05, 0) is 35.9 Å². The van der Waals surface area contributed by atoms with Gasteiger partial charge in [0.15, 0.2) is 11.5 Å². The molecule has 5 nitrogen and oxygen atoms in total. The first kappa shape index (κ1) is 16.1. The monoisotopic (exact) mass is 403 g/mol. The van der Waals surface area contributed by atoms with Crippen LogP contribution in [0.3, 0.4) is 0 Å². The van der Waals surface area contributed by atoms with Gasteiger partial charge in [-0.3, -0.25) is 9.69 Å². The Balaban J connectivity index is 1.87. The number of nitrogens with zero attached hydrogens (tertiary/aromatic N) is 2. The van der Waals surface area contributed by atoms with Crippen LogP contribution in [0, 0.1) is 5.82 Å². The van der Waals surface area contributed by atoms with Gasteiger partial charge in [0.2, 0.25) is 0 Å². The lowest BCUT2D eigenvalue weighted by molar-refractivity contribution is -0.132. The SMILES string of the molecule is CN1C(=O)C2(CC(c3ccc(F)cc3)Oc3ccc(Br)cc32)N=C1N. The molecule has 2 N–H and O–H groups in total. The molecule has 4 rings (SSSR count). The van der Waals surface area contributed by atoms with Gasteiger partial charge in [0.25, 0.3) is 5.91 Å². The Morgan fingerprint density at radius 2 is 2.04 bits per heavy atom. The highest BCUT2D eigenvalue weighted by molar-refractivity contribution is 9.10. The third-order valence-corrected chi connectivity index (χ3v) is 5.18. The van der Waals surface area contributed by atoms with Crippen LogP contribution in [0.25, 0.3) is 0 Å². The molecule has 7 heteroatoms. The fraction of sp³-hybridized carbons (Fsp3) is 0.222. The molecule has 1 spiro atoms. The molecule has 0 aliphatic carbocycles. The molecule has 128 valence electrons. The maximum atomic E-state index is 13.3. The van der Waals surface area contributed by atoms with Crippen molar-refractivity contribution < 1.29 is 13.9 Å². The average molecular weight is 404 g/mol. The van der Waals surface area contributed by atoms with Crippen molar-refractivity contribution in [3.05, 3.63) is 63.9 Å². The number of rotatable bonds is 1. The van der Waals surface area contributed by atoms with Gasteiger partial charge < -0.3 is 10.5 Å². The Bertz CT molecular complexity index is 900. The molecule has 2 aromatic rings. The maximum absolute atomic E-state index is 13.3. The number of hydrogen-bond donors (Lipinski definition) is 1. The van der Waals surface area contributed by atoms with E-state index in [2.05, 4.69) is 20.9 Å². The number of fused-ring (bicyclic) bond motifs is 2. The molecule has 0 bridgehead atoms. The third kappa shape index (κ3) is 2.41. The molecule has 2 aromatic carbocycles. The van der Waals surface area contributed by atoms with Gasteiger partial charge in [0.1, 0.15) is 17.7 Å². The number of aliphatic imine (C=N–C) groups is 1. The molecular weight excluding hydrogens is 389 g/mol. The molecule has 2 unspecified atom stereocenters.